The topological polar surface area (TPSA) is 78.1 Å². The van der Waals surface area contributed by atoms with Crippen molar-refractivity contribution in [3.8, 4) is 0 Å². The van der Waals surface area contributed by atoms with Gasteiger partial charge in [-0.05, 0) is 47.0 Å². The molecule has 1 aliphatic rings. The number of piperidine rings is 1. The Labute approximate surface area is 142 Å². The highest BCUT2D eigenvalue weighted by Gasteiger charge is 2.25. The van der Waals surface area contributed by atoms with Gasteiger partial charge in [0.1, 0.15) is 5.69 Å². The smallest absolute Gasteiger partial charge is 0.267 e. The summed E-state index contributed by atoms with van der Waals surface area (Å²) < 4.78 is 0.848. The minimum Gasteiger partial charge on any atom is -0.356 e. The van der Waals surface area contributed by atoms with Gasteiger partial charge in [-0.15, -0.1) is 0 Å². The molecule has 1 aliphatic heterocycles. The molecule has 3 heterocycles. The Morgan fingerprint density at radius 2 is 1.96 bits per heavy atom. The maximum absolute atomic E-state index is 12.4. The molecule has 3 rings (SSSR count). The lowest BCUT2D eigenvalue weighted by Gasteiger charge is -2.32. The maximum Gasteiger partial charge on any atom is 0.267 e. The molecule has 0 unspecified atom stereocenters. The molecule has 23 heavy (non-hydrogen) atoms. The zero-order valence-corrected chi connectivity index (χ0v) is 14.0. The number of nitrogens with zero attached hydrogens (tertiary/aromatic N) is 2. The molecule has 6 nitrogen and oxygen atoms in total. The molecule has 0 atom stereocenters. The van der Waals surface area contributed by atoms with Gasteiger partial charge in [-0.2, -0.15) is 0 Å². The minimum absolute atomic E-state index is 0.0190. The largest absolute Gasteiger partial charge is 0.356 e. The first-order valence-corrected chi connectivity index (χ1v) is 8.27. The number of rotatable bonds is 3. The third kappa shape index (κ3) is 3.79. The van der Waals surface area contributed by atoms with Crippen molar-refractivity contribution in [2.75, 3.05) is 13.1 Å². The van der Waals surface area contributed by atoms with Crippen LogP contribution in [0, 0.1) is 0 Å². The monoisotopic (exact) mass is 376 g/mol. The molecule has 2 amide bonds. The van der Waals surface area contributed by atoms with Gasteiger partial charge >= 0.3 is 0 Å². The van der Waals surface area contributed by atoms with Gasteiger partial charge < -0.3 is 15.2 Å². The summed E-state index contributed by atoms with van der Waals surface area (Å²) in [7, 11) is 0. The Bertz CT molecular complexity index is 693. The molecule has 2 N–H and O–H groups in total. The van der Waals surface area contributed by atoms with E-state index in [1.807, 2.05) is 4.90 Å². The van der Waals surface area contributed by atoms with E-state index in [4.69, 9.17) is 0 Å². The van der Waals surface area contributed by atoms with E-state index >= 15 is 0 Å². The number of amides is 2. The van der Waals surface area contributed by atoms with Crippen molar-refractivity contribution in [2.24, 2.45) is 0 Å². The number of H-pyrrole nitrogens is 1. The Morgan fingerprint density at radius 1 is 1.26 bits per heavy atom. The van der Waals surface area contributed by atoms with Crippen molar-refractivity contribution in [1.29, 1.82) is 0 Å². The third-order valence-electron chi connectivity index (χ3n) is 3.94. The van der Waals surface area contributed by atoms with Crippen LogP contribution in [-0.2, 0) is 0 Å². The van der Waals surface area contributed by atoms with Crippen LogP contribution >= 0.6 is 15.9 Å². The van der Waals surface area contributed by atoms with Crippen molar-refractivity contribution in [1.82, 2.24) is 20.2 Å². The second-order valence-corrected chi connectivity index (χ2v) is 6.42. The summed E-state index contributed by atoms with van der Waals surface area (Å²) in [6.07, 6.45) is 6.48. The van der Waals surface area contributed by atoms with Crippen molar-refractivity contribution in [3.63, 3.8) is 0 Å². The van der Waals surface area contributed by atoms with Crippen LogP contribution in [0.3, 0.4) is 0 Å². The van der Waals surface area contributed by atoms with Crippen LogP contribution in [0.4, 0.5) is 0 Å². The average molecular weight is 377 g/mol. The lowest BCUT2D eigenvalue weighted by Crippen LogP contribution is -2.46. The lowest BCUT2D eigenvalue weighted by atomic mass is 10.0. The third-order valence-corrected chi connectivity index (χ3v) is 4.39. The molecular formula is C16H17BrN4O2. The SMILES string of the molecule is O=C(NC1CCN(C(=O)c2ccncc2)CC1)c1cc(Br)c[nH]1. The number of aromatic nitrogens is 2. The molecule has 0 aliphatic carbocycles. The van der Waals surface area contributed by atoms with E-state index in [0.29, 0.717) is 24.3 Å². The van der Waals surface area contributed by atoms with Gasteiger partial charge in [-0.25, -0.2) is 0 Å². The molecule has 0 saturated carbocycles. The second-order valence-electron chi connectivity index (χ2n) is 5.51. The van der Waals surface area contributed by atoms with Crippen LogP contribution in [0.2, 0.25) is 0 Å². The molecule has 120 valence electrons. The van der Waals surface area contributed by atoms with Gasteiger partial charge in [0.25, 0.3) is 11.8 Å². The standard InChI is InChI=1S/C16H17BrN4O2/c17-12-9-14(19-10-12)15(22)20-13-3-7-21(8-4-13)16(23)11-1-5-18-6-2-11/h1-2,5-6,9-10,13,19H,3-4,7-8H2,(H,20,22). The molecular weight excluding hydrogens is 360 g/mol. The molecule has 7 heteroatoms. The fourth-order valence-electron chi connectivity index (χ4n) is 2.67. The summed E-state index contributed by atoms with van der Waals surface area (Å²) in [4.78, 5) is 33.1. The Morgan fingerprint density at radius 3 is 2.57 bits per heavy atom. The van der Waals surface area contributed by atoms with Gasteiger partial charge in [0.15, 0.2) is 0 Å². The predicted molar refractivity (Wildman–Crippen MR) is 89.1 cm³/mol. The van der Waals surface area contributed by atoms with Crippen LogP contribution in [0.1, 0.15) is 33.7 Å². The minimum atomic E-state index is -0.116. The highest BCUT2D eigenvalue weighted by Crippen LogP contribution is 2.15. The van der Waals surface area contributed by atoms with Gasteiger partial charge in [-0.1, -0.05) is 0 Å². The Kier molecular flexibility index (Phi) is 4.76. The van der Waals surface area contributed by atoms with E-state index in [2.05, 4.69) is 31.2 Å². The molecule has 2 aromatic heterocycles. The van der Waals surface area contributed by atoms with Crippen molar-refractivity contribution < 1.29 is 9.59 Å². The molecule has 1 saturated heterocycles. The first-order valence-electron chi connectivity index (χ1n) is 7.47. The van der Waals surface area contributed by atoms with Gasteiger partial charge in [-0.3, -0.25) is 14.6 Å². The summed E-state index contributed by atoms with van der Waals surface area (Å²) >= 11 is 3.31. The van der Waals surface area contributed by atoms with E-state index in [1.165, 1.54) is 0 Å². The van der Waals surface area contributed by atoms with Gasteiger partial charge in [0.2, 0.25) is 0 Å². The number of carbonyl (C=O) groups excluding carboxylic acids is 2. The maximum atomic E-state index is 12.4. The van der Waals surface area contributed by atoms with E-state index in [9.17, 15) is 9.59 Å². The van der Waals surface area contributed by atoms with Crippen LogP contribution in [0.5, 0.6) is 0 Å². The van der Waals surface area contributed by atoms with Gasteiger partial charge in [0.05, 0.1) is 0 Å². The fourth-order valence-corrected chi connectivity index (χ4v) is 3.01. The van der Waals surface area contributed by atoms with Crippen LogP contribution < -0.4 is 5.32 Å². The molecule has 0 radical (unpaired) electrons. The molecule has 1 fully saturated rings. The Balaban J connectivity index is 1.52. The highest BCUT2D eigenvalue weighted by atomic mass is 79.9. The molecule has 0 bridgehead atoms. The summed E-state index contributed by atoms with van der Waals surface area (Å²) in [5, 5.41) is 3.01. The van der Waals surface area contributed by atoms with Crippen LogP contribution in [0.15, 0.2) is 41.3 Å². The number of pyridine rings is 1. The zero-order chi connectivity index (χ0) is 16.2. The summed E-state index contributed by atoms with van der Waals surface area (Å²) in [6, 6.07) is 5.28. The first-order chi connectivity index (χ1) is 11.1. The number of hydrogen-bond donors (Lipinski definition) is 2. The zero-order valence-electron chi connectivity index (χ0n) is 12.5. The first kappa shape index (κ1) is 15.7. The molecule has 2 aromatic rings. The number of likely N-dealkylation sites (tertiary alicyclic amines) is 1. The summed E-state index contributed by atoms with van der Waals surface area (Å²) in [5.74, 6) is -0.0971. The summed E-state index contributed by atoms with van der Waals surface area (Å²) in [6.45, 7) is 1.28. The van der Waals surface area contributed by atoms with Crippen molar-refractivity contribution in [3.05, 3.63) is 52.5 Å². The second kappa shape index (κ2) is 6.95. The molecule has 0 spiro atoms. The normalized spacial score (nSPS) is 15.4. The van der Waals surface area contributed by atoms with Crippen LogP contribution in [0.25, 0.3) is 0 Å². The molecule has 0 aromatic carbocycles. The van der Waals surface area contributed by atoms with E-state index in [-0.39, 0.29) is 17.9 Å². The van der Waals surface area contributed by atoms with E-state index in [1.54, 1.807) is 36.8 Å². The average Bonchev–Trinajstić information content (AvgIpc) is 3.02. The quantitative estimate of drug-likeness (QED) is 0.861. The number of nitrogens with one attached hydrogen (secondary N) is 2. The number of aromatic amines is 1. The van der Waals surface area contributed by atoms with E-state index in [0.717, 1.165) is 17.3 Å². The number of hydrogen-bond acceptors (Lipinski definition) is 3. The van der Waals surface area contributed by atoms with Crippen LogP contribution in [-0.4, -0.2) is 45.8 Å². The fraction of sp³-hybridized carbons (Fsp3) is 0.312. The van der Waals surface area contributed by atoms with Gasteiger partial charge in [0, 0.05) is 47.8 Å². The van der Waals surface area contributed by atoms with E-state index < -0.39 is 0 Å². The lowest BCUT2D eigenvalue weighted by molar-refractivity contribution is 0.0697. The van der Waals surface area contributed by atoms with Crippen molar-refractivity contribution in [2.45, 2.75) is 18.9 Å². The van der Waals surface area contributed by atoms with Crippen molar-refractivity contribution >= 4 is 27.7 Å². The Hall–Kier alpha value is -2.15. The highest BCUT2D eigenvalue weighted by molar-refractivity contribution is 9.10. The summed E-state index contributed by atoms with van der Waals surface area (Å²) in [5.41, 5.74) is 1.19. The number of halogens is 1. The predicted octanol–water partition coefficient (Wildman–Crippen LogP) is 2.21. The number of carbonyl (C=O) groups is 2.